The van der Waals surface area contributed by atoms with Gasteiger partial charge in [-0.1, -0.05) is 44.2 Å². The molecular weight excluding hydrogens is 222 g/mol. The van der Waals surface area contributed by atoms with Gasteiger partial charge in [0.25, 0.3) is 0 Å². The zero-order valence-electron chi connectivity index (χ0n) is 11.6. The Labute approximate surface area is 110 Å². The van der Waals surface area contributed by atoms with Crippen molar-refractivity contribution in [1.29, 1.82) is 0 Å². The average molecular weight is 245 g/mol. The number of hydrogen-bond donors (Lipinski definition) is 0. The minimum atomic E-state index is 0.278. The Bertz CT molecular complexity index is 414. The summed E-state index contributed by atoms with van der Waals surface area (Å²) in [6.45, 7) is 8.06. The van der Waals surface area contributed by atoms with Crippen LogP contribution < -0.4 is 0 Å². The molecule has 1 saturated carbocycles. The molecule has 2 unspecified atom stereocenters. The summed E-state index contributed by atoms with van der Waals surface area (Å²) in [6.07, 6.45) is 1.81. The van der Waals surface area contributed by atoms with Crippen LogP contribution in [-0.4, -0.2) is 23.9 Å². The largest absolute Gasteiger partial charge is 0.343 e. The van der Waals surface area contributed by atoms with Crippen molar-refractivity contribution in [3.63, 3.8) is 0 Å². The SMILES string of the molecule is CCC(=O)N(CC)CC1CC1(C)c1ccccc1. The van der Waals surface area contributed by atoms with Gasteiger partial charge in [-0.3, -0.25) is 4.79 Å². The van der Waals surface area contributed by atoms with Crippen LogP contribution in [0.15, 0.2) is 30.3 Å². The third-order valence-corrected chi connectivity index (χ3v) is 4.32. The lowest BCUT2D eigenvalue weighted by Crippen LogP contribution is -2.33. The molecule has 1 amide bonds. The lowest BCUT2D eigenvalue weighted by molar-refractivity contribution is -0.130. The summed E-state index contributed by atoms with van der Waals surface area (Å²) in [6, 6.07) is 10.7. The van der Waals surface area contributed by atoms with Gasteiger partial charge in [-0.25, -0.2) is 0 Å². The lowest BCUT2D eigenvalue weighted by Gasteiger charge is -2.22. The molecule has 2 atom stereocenters. The van der Waals surface area contributed by atoms with Crippen LogP contribution in [0.5, 0.6) is 0 Å². The molecule has 1 aromatic rings. The molecule has 0 heterocycles. The van der Waals surface area contributed by atoms with Crippen molar-refractivity contribution >= 4 is 5.91 Å². The standard InChI is InChI=1S/C16H23NO/c1-4-15(18)17(5-2)12-14-11-16(14,3)13-9-7-6-8-10-13/h6-10,14H,4-5,11-12H2,1-3H3. The smallest absolute Gasteiger partial charge is 0.222 e. The molecule has 98 valence electrons. The van der Waals surface area contributed by atoms with E-state index in [4.69, 9.17) is 0 Å². The minimum Gasteiger partial charge on any atom is -0.343 e. The highest BCUT2D eigenvalue weighted by atomic mass is 16.2. The van der Waals surface area contributed by atoms with E-state index < -0.39 is 0 Å². The molecule has 0 bridgehead atoms. The molecule has 1 aliphatic carbocycles. The van der Waals surface area contributed by atoms with Crippen molar-refractivity contribution in [3.8, 4) is 0 Å². The van der Waals surface area contributed by atoms with Crippen LogP contribution in [0.4, 0.5) is 0 Å². The third-order valence-electron chi connectivity index (χ3n) is 4.32. The first-order valence-electron chi connectivity index (χ1n) is 6.95. The molecule has 0 aliphatic heterocycles. The first kappa shape index (κ1) is 13.1. The molecule has 2 nitrogen and oxygen atoms in total. The fraction of sp³-hybridized carbons (Fsp3) is 0.562. The predicted octanol–water partition coefficient (Wildman–Crippen LogP) is 3.22. The Kier molecular flexibility index (Phi) is 3.74. The van der Waals surface area contributed by atoms with Crippen LogP contribution in [0.25, 0.3) is 0 Å². The molecule has 0 aromatic heterocycles. The van der Waals surface area contributed by atoms with E-state index in [9.17, 15) is 4.79 Å². The summed E-state index contributed by atoms with van der Waals surface area (Å²) in [5.74, 6) is 0.898. The Morgan fingerprint density at radius 2 is 2.00 bits per heavy atom. The Morgan fingerprint density at radius 1 is 1.33 bits per heavy atom. The second kappa shape index (κ2) is 5.13. The van der Waals surface area contributed by atoms with Crippen LogP contribution in [0, 0.1) is 5.92 Å². The van der Waals surface area contributed by atoms with Gasteiger partial charge in [-0.15, -0.1) is 0 Å². The van der Waals surface area contributed by atoms with E-state index in [0.29, 0.717) is 12.3 Å². The van der Waals surface area contributed by atoms with Crippen LogP contribution in [0.2, 0.25) is 0 Å². The quantitative estimate of drug-likeness (QED) is 0.780. The zero-order valence-corrected chi connectivity index (χ0v) is 11.6. The highest BCUT2D eigenvalue weighted by Crippen LogP contribution is 2.54. The molecule has 18 heavy (non-hydrogen) atoms. The van der Waals surface area contributed by atoms with Crippen LogP contribution in [-0.2, 0) is 10.2 Å². The highest BCUT2D eigenvalue weighted by Gasteiger charge is 2.51. The minimum absolute atomic E-state index is 0.278. The first-order chi connectivity index (χ1) is 8.61. The summed E-state index contributed by atoms with van der Waals surface area (Å²) in [4.78, 5) is 13.8. The van der Waals surface area contributed by atoms with E-state index in [1.54, 1.807) is 0 Å². The average Bonchev–Trinajstić information content (AvgIpc) is 3.08. The van der Waals surface area contributed by atoms with Crippen molar-refractivity contribution in [2.24, 2.45) is 5.92 Å². The van der Waals surface area contributed by atoms with Crippen molar-refractivity contribution in [2.45, 2.75) is 39.0 Å². The zero-order chi connectivity index (χ0) is 13.2. The van der Waals surface area contributed by atoms with Gasteiger partial charge in [0.05, 0.1) is 0 Å². The molecule has 0 radical (unpaired) electrons. The second-order valence-corrected chi connectivity index (χ2v) is 5.47. The highest BCUT2D eigenvalue weighted by molar-refractivity contribution is 5.75. The molecule has 0 N–H and O–H groups in total. The third kappa shape index (κ3) is 2.43. The van der Waals surface area contributed by atoms with Gasteiger partial charge in [-0.2, -0.15) is 0 Å². The van der Waals surface area contributed by atoms with Gasteiger partial charge >= 0.3 is 0 Å². The molecule has 1 fully saturated rings. The second-order valence-electron chi connectivity index (χ2n) is 5.47. The van der Waals surface area contributed by atoms with E-state index in [-0.39, 0.29) is 11.3 Å². The van der Waals surface area contributed by atoms with E-state index in [2.05, 4.69) is 44.2 Å². The summed E-state index contributed by atoms with van der Waals surface area (Å²) in [5, 5.41) is 0. The van der Waals surface area contributed by atoms with E-state index in [1.165, 1.54) is 12.0 Å². The van der Waals surface area contributed by atoms with Gasteiger partial charge < -0.3 is 4.90 Å². The number of amides is 1. The molecular formula is C16H23NO. The van der Waals surface area contributed by atoms with Gasteiger partial charge in [0.15, 0.2) is 0 Å². The number of carbonyl (C=O) groups excluding carboxylic acids is 1. The maximum absolute atomic E-state index is 11.8. The van der Waals surface area contributed by atoms with Crippen LogP contribution >= 0.6 is 0 Å². The first-order valence-corrected chi connectivity index (χ1v) is 6.95. The number of benzene rings is 1. The van der Waals surface area contributed by atoms with Crippen molar-refractivity contribution < 1.29 is 4.79 Å². The van der Waals surface area contributed by atoms with E-state index in [1.807, 2.05) is 11.8 Å². The summed E-state index contributed by atoms with van der Waals surface area (Å²) in [5.41, 5.74) is 1.69. The normalized spacial score (nSPS) is 25.8. The summed E-state index contributed by atoms with van der Waals surface area (Å²) in [7, 11) is 0. The number of carbonyl (C=O) groups is 1. The van der Waals surface area contributed by atoms with E-state index >= 15 is 0 Å². The topological polar surface area (TPSA) is 20.3 Å². The van der Waals surface area contributed by atoms with Crippen molar-refractivity contribution in [2.75, 3.05) is 13.1 Å². The summed E-state index contributed by atoms with van der Waals surface area (Å²) < 4.78 is 0. The van der Waals surface area contributed by atoms with Crippen molar-refractivity contribution in [1.82, 2.24) is 4.90 Å². The number of rotatable bonds is 5. The van der Waals surface area contributed by atoms with Gasteiger partial charge in [0, 0.05) is 19.5 Å². The van der Waals surface area contributed by atoms with Crippen molar-refractivity contribution in [3.05, 3.63) is 35.9 Å². The molecule has 2 rings (SSSR count). The van der Waals surface area contributed by atoms with Gasteiger partial charge in [-0.05, 0) is 30.2 Å². The molecule has 1 aliphatic rings. The lowest BCUT2D eigenvalue weighted by atomic mass is 9.95. The fourth-order valence-corrected chi connectivity index (χ4v) is 2.79. The molecule has 0 spiro atoms. The fourth-order valence-electron chi connectivity index (χ4n) is 2.79. The molecule has 2 heteroatoms. The maximum Gasteiger partial charge on any atom is 0.222 e. The predicted molar refractivity (Wildman–Crippen MR) is 74.4 cm³/mol. The Morgan fingerprint density at radius 3 is 2.56 bits per heavy atom. The molecule has 1 aromatic carbocycles. The Hall–Kier alpha value is -1.31. The number of nitrogens with zero attached hydrogens (tertiary/aromatic N) is 1. The number of hydrogen-bond acceptors (Lipinski definition) is 1. The van der Waals surface area contributed by atoms with Crippen LogP contribution in [0.1, 0.15) is 39.2 Å². The van der Waals surface area contributed by atoms with Gasteiger partial charge in [0.1, 0.15) is 0 Å². The van der Waals surface area contributed by atoms with Gasteiger partial charge in [0.2, 0.25) is 5.91 Å². The van der Waals surface area contributed by atoms with E-state index in [0.717, 1.165) is 13.1 Å². The summed E-state index contributed by atoms with van der Waals surface area (Å²) >= 11 is 0. The van der Waals surface area contributed by atoms with Crippen LogP contribution in [0.3, 0.4) is 0 Å². The molecule has 0 saturated heterocycles. The monoisotopic (exact) mass is 245 g/mol. The maximum atomic E-state index is 11.8. The Balaban J connectivity index is 2.00.